The van der Waals surface area contributed by atoms with Crippen LogP contribution in [0.1, 0.15) is 30.3 Å². The van der Waals surface area contributed by atoms with Crippen LogP contribution >= 0.6 is 11.5 Å². The van der Waals surface area contributed by atoms with Crippen molar-refractivity contribution in [3.63, 3.8) is 0 Å². The Balaban J connectivity index is 1.23. The molecule has 0 N–H and O–H groups in total. The third-order valence-electron chi connectivity index (χ3n) is 4.84. The molecule has 24 heavy (non-hydrogen) atoms. The molecule has 0 radical (unpaired) electrons. The van der Waals surface area contributed by atoms with E-state index >= 15 is 0 Å². The number of nitrogens with zero attached hydrogens (tertiary/aromatic N) is 5. The van der Waals surface area contributed by atoms with Crippen LogP contribution in [0, 0.1) is 0 Å². The number of rotatable bonds is 4. The Labute approximate surface area is 144 Å². The first-order valence-corrected chi connectivity index (χ1v) is 9.28. The van der Waals surface area contributed by atoms with E-state index in [-0.39, 0.29) is 0 Å². The van der Waals surface area contributed by atoms with Crippen molar-refractivity contribution in [2.75, 3.05) is 31.1 Å². The van der Waals surface area contributed by atoms with Crippen LogP contribution in [0.3, 0.4) is 0 Å². The zero-order chi connectivity index (χ0) is 15.9. The first kappa shape index (κ1) is 14.4. The van der Waals surface area contributed by atoms with Gasteiger partial charge in [0.2, 0.25) is 5.13 Å². The molecule has 6 nitrogen and oxygen atoms in total. The lowest BCUT2D eigenvalue weighted by Gasteiger charge is -2.33. The lowest BCUT2D eigenvalue weighted by molar-refractivity contribution is 0.243. The summed E-state index contributed by atoms with van der Waals surface area (Å²) in [6.45, 7) is 4.86. The van der Waals surface area contributed by atoms with E-state index in [0.717, 1.165) is 60.3 Å². The zero-order valence-electron chi connectivity index (χ0n) is 13.4. The standard InChI is InChI=1S/C17H19N5OS/c1-2-4-15-13(3-1)14(19-23-15)11-21-7-9-22(10-8-21)17-18-16(20-24-17)12-5-6-12/h1-4,12H,5-11H2. The van der Waals surface area contributed by atoms with Crippen molar-refractivity contribution in [2.45, 2.75) is 25.3 Å². The molecule has 1 aromatic carbocycles. The fourth-order valence-corrected chi connectivity index (χ4v) is 4.02. The van der Waals surface area contributed by atoms with Crippen molar-refractivity contribution in [3.05, 3.63) is 35.8 Å². The molecular formula is C17H19N5OS. The number of fused-ring (bicyclic) bond motifs is 1. The van der Waals surface area contributed by atoms with Crippen molar-refractivity contribution >= 4 is 27.6 Å². The predicted octanol–water partition coefficient (Wildman–Crippen LogP) is 2.88. The van der Waals surface area contributed by atoms with Gasteiger partial charge in [-0.25, -0.2) is 4.98 Å². The highest BCUT2D eigenvalue weighted by Gasteiger charge is 2.29. The summed E-state index contributed by atoms with van der Waals surface area (Å²) >= 11 is 1.55. The Morgan fingerprint density at radius 1 is 1.12 bits per heavy atom. The van der Waals surface area contributed by atoms with Crippen molar-refractivity contribution in [2.24, 2.45) is 0 Å². The molecule has 0 spiro atoms. The molecule has 1 saturated carbocycles. The highest BCUT2D eigenvalue weighted by atomic mass is 32.1. The third-order valence-corrected chi connectivity index (χ3v) is 5.63. The van der Waals surface area contributed by atoms with Crippen LogP contribution in [0.15, 0.2) is 28.8 Å². The number of para-hydroxylation sites is 1. The van der Waals surface area contributed by atoms with E-state index in [4.69, 9.17) is 9.51 Å². The molecule has 1 aliphatic carbocycles. The number of hydrogen-bond acceptors (Lipinski definition) is 7. The normalized spacial score (nSPS) is 19.2. The van der Waals surface area contributed by atoms with Crippen molar-refractivity contribution in [1.82, 2.24) is 19.4 Å². The molecule has 0 bridgehead atoms. The molecule has 124 valence electrons. The van der Waals surface area contributed by atoms with E-state index < -0.39 is 0 Å². The molecule has 1 aliphatic heterocycles. The Morgan fingerprint density at radius 2 is 1.96 bits per heavy atom. The van der Waals surface area contributed by atoms with Gasteiger partial charge in [-0.1, -0.05) is 17.3 Å². The molecule has 0 unspecified atom stereocenters. The van der Waals surface area contributed by atoms with Gasteiger partial charge in [0.1, 0.15) is 11.5 Å². The van der Waals surface area contributed by atoms with Crippen LogP contribution in [0.4, 0.5) is 5.13 Å². The summed E-state index contributed by atoms with van der Waals surface area (Å²) in [7, 11) is 0. The summed E-state index contributed by atoms with van der Waals surface area (Å²) in [6, 6.07) is 8.07. The van der Waals surface area contributed by atoms with Gasteiger partial charge >= 0.3 is 0 Å². The number of aromatic nitrogens is 3. The molecule has 1 saturated heterocycles. The summed E-state index contributed by atoms with van der Waals surface area (Å²) in [6.07, 6.45) is 2.52. The summed E-state index contributed by atoms with van der Waals surface area (Å²) in [5.41, 5.74) is 1.90. The highest BCUT2D eigenvalue weighted by molar-refractivity contribution is 7.09. The van der Waals surface area contributed by atoms with Crippen LogP contribution in [-0.4, -0.2) is 45.6 Å². The second-order valence-corrected chi connectivity index (χ2v) is 7.33. The molecule has 0 amide bonds. The minimum atomic E-state index is 0.636. The van der Waals surface area contributed by atoms with Gasteiger partial charge in [-0.05, 0) is 25.0 Å². The zero-order valence-corrected chi connectivity index (χ0v) is 14.2. The van der Waals surface area contributed by atoms with E-state index in [1.54, 1.807) is 11.5 Å². The maximum Gasteiger partial charge on any atom is 0.205 e. The van der Waals surface area contributed by atoms with E-state index in [0.29, 0.717) is 5.92 Å². The lowest BCUT2D eigenvalue weighted by atomic mass is 10.2. The predicted molar refractivity (Wildman–Crippen MR) is 93.4 cm³/mol. The van der Waals surface area contributed by atoms with Gasteiger partial charge in [0.25, 0.3) is 0 Å². The maximum atomic E-state index is 5.41. The number of piperazine rings is 1. The average Bonchev–Trinajstić information content (AvgIpc) is 3.22. The molecule has 0 atom stereocenters. The second-order valence-electron chi connectivity index (χ2n) is 6.60. The maximum absolute atomic E-state index is 5.41. The smallest absolute Gasteiger partial charge is 0.205 e. The molecule has 3 aromatic rings. The van der Waals surface area contributed by atoms with E-state index in [1.165, 1.54) is 12.8 Å². The third kappa shape index (κ3) is 2.67. The van der Waals surface area contributed by atoms with Crippen molar-refractivity contribution < 1.29 is 4.52 Å². The monoisotopic (exact) mass is 341 g/mol. The second kappa shape index (κ2) is 5.82. The topological polar surface area (TPSA) is 58.3 Å². The van der Waals surface area contributed by atoms with Crippen LogP contribution in [0.25, 0.3) is 11.0 Å². The summed E-state index contributed by atoms with van der Waals surface area (Å²) in [5.74, 6) is 1.70. The fourth-order valence-electron chi connectivity index (χ4n) is 3.22. The minimum Gasteiger partial charge on any atom is -0.356 e. The Morgan fingerprint density at radius 3 is 2.79 bits per heavy atom. The summed E-state index contributed by atoms with van der Waals surface area (Å²) in [5, 5.41) is 6.46. The molecule has 2 aromatic heterocycles. The van der Waals surface area contributed by atoms with Crippen LogP contribution < -0.4 is 4.90 Å². The van der Waals surface area contributed by atoms with Gasteiger partial charge in [-0.15, -0.1) is 0 Å². The molecule has 5 rings (SSSR count). The fraction of sp³-hybridized carbons (Fsp3) is 0.471. The molecule has 2 fully saturated rings. The largest absolute Gasteiger partial charge is 0.356 e. The van der Waals surface area contributed by atoms with E-state index in [9.17, 15) is 0 Å². The van der Waals surface area contributed by atoms with E-state index in [1.807, 2.05) is 18.2 Å². The van der Waals surface area contributed by atoms with Crippen LogP contribution in [0.2, 0.25) is 0 Å². The van der Waals surface area contributed by atoms with Gasteiger partial charge in [-0.3, -0.25) is 4.90 Å². The first-order chi connectivity index (χ1) is 11.9. The Kier molecular flexibility index (Phi) is 3.48. The number of anilines is 1. The minimum absolute atomic E-state index is 0.636. The van der Waals surface area contributed by atoms with Crippen molar-refractivity contribution in [1.29, 1.82) is 0 Å². The van der Waals surface area contributed by atoms with Gasteiger partial charge in [-0.2, -0.15) is 4.37 Å². The van der Waals surface area contributed by atoms with Gasteiger partial charge in [0, 0.05) is 55.6 Å². The van der Waals surface area contributed by atoms with Crippen molar-refractivity contribution in [3.8, 4) is 0 Å². The van der Waals surface area contributed by atoms with Crippen LogP contribution in [-0.2, 0) is 6.54 Å². The number of hydrogen-bond donors (Lipinski definition) is 0. The SMILES string of the molecule is c1ccc2c(CN3CCN(c4nc(C5CC5)ns4)CC3)noc2c1. The molecule has 2 aliphatic rings. The van der Waals surface area contributed by atoms with E-state index in [2.05, 4.69) is 25.4 Å². The summed E-state index contributed by atoms with van der Waals surface area (Å²) < 4.78 is 9.93. The Hall–Kier alpha value is -1.99. The van der Waals surface area contributed by atoms with Crippen LogP contribution in [0.5, 0.6) is 0 Å². The van der Waals surface area contributed by atoms with Gasteiger partial charge in [0.05, 0.1) is 0 Å². The lowest BCUT2D eigenvalue weighted by Crippen LogP contribution is -2.46. The number of benzene rings is 1. The van der Waals surface area contributed by atoms with Gasteiger partial charge < -0.3 is 9.42 Å². The Bertz CT molecular complexity index is 847. The molecular weight excluding hydrogens is 322 g/mol. The molecule has 7 heteroatoms. The molecule has 3 heterocycles. The first-order valence-electron chi connectivity index (χ1n) is 8.51. The summed E-state index contributed by atoms with van der Waals surface area (Å²) in [4.78, 5) is 9.52. The average molecular weight is 341 g/mol. The van der Waals surface area contributed by atoms with Gasteiger partial charge in [0.15, 0.2) is 5.58 Å². The highest BCUT2D eigenvalue weighted by Crippen LogP contribution is 2.39. The quantitative estimate of drug-likeness (QED) is 0.727.